The minimum Gasteiger partial charge on any atom is -0.326 e. The third-order valence-corrected chi connectivity index (χ3v) is 5.64. The summed E-state index contributed by atoms with van der Waals surface area (Å²) in [5.74, 6) is 0. The van der Waals surface area contributed by atoms with Crippen LogP contribution in [0, 0.1) is 0 Å². The van der Waals surface area contributed by atoms with Crippen LogP contribution in [0.2, 0.25) is 0 Å². The van der Waals surface area contributed by atoms with E-state index in [0.29, 0.717) is 9.18 Å². The van der Waals surface area contributed by atoms with Crippen molar-refractivity contribution in [3.05, 3.63) is 17.0 Å². The highest BCUT2D eigenvalue weighted by Gasteiger charge is 2.36. The Morgan fingerprint density at radius 3 is 2.39 bits per heavy atom. The number of sulfonamides is 1. The largest absolute Gasteiger partial charge is 0.402 e. The smallest absolute Gasteiger partial charge is 0.326 e. The standard InChI is InChI=1S/C9H13F3N2O2S2/c1-2-14(6-9(10,11)12)18(15,16)8-4-3-7(5-13)17-8/h3-4H,2,5-6,13H2,1H3. The molecular formula is C9H13F3N2O2S2. The fraction of sp³-hybridized carbons (Fsp3) is 0.556. The maximum absolute atomic E-state index is 12.3. The van der Waals surface area contributed by atoms with Gasteiger partial charge in [0.1, 0.15) is 10.8 Å². The van der Waals surface area contributed by atoms with Gasteiger partial charge in [-0.2, -0.15) is 17.5 Å². The van der Waals surface area contributed by atoms with Crippen LogP contribution >= 0.6 is 11.3 Å². The summed E-state index contributed by atoms with van der Waals surface area (Å²) in [5.41, 5.74) is 5.34. The number of thiophene rings is 1. The molecule has 0 aliphatic carbocycles. The fourth-order valence-electron chi connectivity index (χ4n) is 1.30. The fourth-order valence-corrected chi connectivity index (χ4v) is 4.12. The Bertz CT molecular complexity index is 496. The summed E-state index contributed by atoms with van der Waals surface area (Å²) < 4.78 is 61.1. The van der Waals surface area contributed by atoms with Gasteiger partial charge >= 0.3 is 6.18 Å². The van der Waals surface area contributed by atoms with E-state index in [1.165, 1.54) is 19.1 Å². The number of rotatable bonds is 5. The van der Waals surface area contributed by atoms with E-state index >= 15 is 0 Å². The number of halogens is 3. The molecular weight excluding hydrogens is 289 g/mol. The summed E-state index contributed by atoms with van der Waals surface area (Å²) in [4.78, 5) is 0.608. The Kier molecular flexibility index (Phi) is 4.76. The van der Waals surface area contributed by atoms with Crippen molar-refractivity contribution in [3.8, 4) is 0 Å². The summed E-state index contributed by atoms with van der Waals surface area (Å²) in [6.45, 7) is -0.203. The van der Waals surface area contributed by atoms with Crippen LogP contribution in [0.15, 0.2) is 16.3 Å². The van der Waals surface area contributed by atoms with Crippen molar-refractivity contribution in [2.75, 3.05) is 13.1 Å². The van der Waals surface area contributed by atoms with E-state index in [1.807, 2.05) is 0 Å². The second-order valence-electron chi connectivity index (χ2n) is 3.47. The molecule has 4 nitrogen and oxygen atoms in total. The van der Waals surface area contributed by atoms with Gasteiger partial charge in [-0.15, -0.1) is 11.3 Å². The molecule has 1 aromatic rings. The van der Waals surface area contributed by atoms with Crippen molar-refractivity contribution in [2.45, 2.75) is 23.9 Å². The van der Waals surface area contributed by atoms with Gasteiger partial charge < -0.3 is 5.73 Å². The van der Waals surface area contributed by atoms with Crippen LogP contribution in [0.25, 0.3) is 0 Å². The number of alkyl halides is 3. The van der Waals surface area contributed by atoms with Crippen molar-refractivity contribution >= 4 is 21.4 Å². The SMILES string of the molecule is CCN(CC(F)(F)F)S(=O)(=O)c1ccc(CN)s1. The lowest BCUT2D eigenvalue weighted by Crippen LogP contribution is -2.38. The van der Waals surface area contributed by atoms with E-state index in [9.17, 15) is 21.6 Å². The van der Waals surface area contributed by atoms with E-state index in [1.54, 1.807) is 0 Å². The van der Waals surface area contributed by atoms with Gasteiger partial charge in [0, 0.05) is 18.0 Å². The highest BCUT2D eigenvalue weighted by atomic mass is 32.2. The van der Waals surface area contributed by atoms with E-state index in [4.69, 9.17) is 5.73 Å². The third kappa shape index (κ3) is 3.67. The van der Waals surface area contributed by atoms with Crippen molar-refractivity contribution in [1.29, 1.82) is 0 Å². The van der Waals surface area contributed by atoms with Gasteiger partial charge in [0.05, 0.1) is 0 Å². The molecule has 0 aliphatic heterocycles. The van der Waals surface area contributed by atoms with Gasteiger partial charge in [-0.05, 0) is 12.1 Å². The quantitative estimate of drug-likeness (QED) is 0.902. The van der Waals surface area contributed by atoms with E-state index in [-0.39, 0.29) is 17.3 Å². The second-order valence-corrected chi connectivity index (χ2v) is 6.80. The first kappa shape index (κ1) is 15.4. The lowest BCUT2D eigenvalue weighted by Gasteiger charge is -2.20. The second kappa shape index (κ2) is 5.55. The molecule has 0 atom stereocenters. The molecule has 1 rings (SSSR count). The Labute approximate surface area is 107 Å². The predicted octanol–water partition coefficient (Wildman–Crippen LogP) is 1.78. The predicted molar refractivity (Wildman–Crippen MR) is 62.7 cm³/mol. The van der Waals surface area contributed by atoms with Crippen LogP contribution in [0.1, 0.15) is 11.8 Å². The summed E-state index contributed by atoms with van der Waals surface area (Å²) in [6, 6.07) is 2.78. The van der Waals surface area contributed by atoms with Crippen LogP contribution in [0.3, 0.4) is 0 Å². The maximum Gasteiger partial charge on any atom is 0.402 e. The molecule has 0 aliphatic rings. The molecule has 9 heteroatoms. The van der Waals surface area contributed by atoms with Crippen molar-refractivity contribution in [3.63, 3.8) is 0 Å². The Hall–Kier alpha value is -0.640. The van der Waals surface area contributed by atoms with E-state index in [0.717, 1.165) is 11.3 Å². The first-order chi connectivity index (χ1) is 8.20. The van der Waals surface area contributed by atoms with Crippen LogP contribution in [0.4, 0.5) is 13.2 Å². The third-order valence-electron chi connectivity index (χ3n) is 2.14. The zero-order valence-electron chi connectivity index (χ0n) is 9.57. The van der Waals surface area contributed by atoms with Crippen molar-refractivity contribution in [2.24, 2.45) is 5.73 Å². The molecule has 0 radical (unpaired) electrons. The van der Waals surface area contributed by atoms with Gasteiger partial charge in [0.15, 0.2) is 0 Å². The number of nitrogens with two attached hydrogens (primary N) is 1. The van der Waals surface area contributed by atoms with Crippen LogP contribution in [0.5, 0.6) is 0 Å². The minimum absolute atomic E-state index is 0.117. The average molecular weight is 302 g/mol. The molecule has 0 amide bonds. The molecule has 0 aromatic carbocycles. The first-order valence-corrected chi connectivity index (χ1v) is 7.32. The molecule has 1 aromatic heterocycles. The van der Waals surface area contributed by atoms with Crippen LogP contribution in [-0.4, -0.2) is 32.0 Å². The summed E-state index contributed by atoms with van der Waals surface area (Å²) >= 11 is 0.888. The van der Waals surface area contributed by atoms with Crippen molar-refractivity contribution in [1.82, 2.24) is 4.31 Å². The molecule has 0 saturated heterocycles. The Morgan fingerprint density at radius 1 is 1.39 bits per heavy atom. The summed E-state index contributed by atoms with van der Waals surface area (Å²) in [5, 5.41) is 0. The molecule has 18 heavy (non-hydrogen) atoms. The normalized spacial score (nSPS) is 13.2. The van der Waals surface area contributed by atoms with Gasteiger partial charge in [-0.25, -0.2) is 8.42 Å². The van der Waals surface area contributed by atoms with Gasteiger partial charge in [0.25, 0.3) is 10.0 Å². The highest BCUT2D eigenvalue weighted by Crippen LogP contribution is 2.27. The van der Waals surface area contributed by atoms with Gasteiger partial charge in [0.2, 0.25) is 0 Å². The van der Waals surface area contributed by atoms with E-state index in [2.05, 4.69) is 0 Å². The first-order valence-electron chi connectivity index (χ1n) is 5.06. The topological polar surface area (TPSA) is 63.4 Å². The van der Waals surface area contributed by atoms with Gasteiger partial charge in [-0.3, -0.25) is 0 Å². The lowest BCUT2D eigenvalue weighted by molar-refractivity contribution is -0.135. The van der Waals surface area contributed by atoms with Crippen LogP contribution in [-0.2, 0) is 16.6 Å². The number of nitrogens with zero attached hydrogens (tertiary/aromatic N) is 1. The monoisotopic (exact) mass is 302 g/mol. The molecule has 0 bridgehead atoms. The molecule has 1 heterocycles. The molecule has 0 saturated carbocycles. The lowest BCUT2D eigenvalue weighted by atomic mass is 10.5. The molecule has 0 spiro atoms. The molecule has 2 N–H and O–H groups in total. The van der Waals surface area contributed by atoms with Gasteiger partial charge in [-0.1, -0.05) is 6.92 Å². The number of hydrogen-bond acceptors (Lipinski definition) is 4. The Morgan fingerprint density at radius 2 is 2.00 bits per heavy atom. The Balaban J connectivity index is 3.03. The molecule has 0 unspecified atom stereocenters. The maximum atomic E-state index is 12.3. The van der Waals surface area contributed by atoms with E-state index < -0.39 is 22.7 Å². The van der Waals surface area contributed by atoms with Crippen LogP contribution < -0.4 is 5.73 Å². The summed E-state index contributed by atoms with van der Waals surface area (Å²) in [7, 11) is -4.10. The highest BCUT2D eigenvalue weighted by molar-refractivity contribution is 7.91. The zero-order chi connectivity index (χ0) is 14.0. The minimum atomic E-state index is -4.56. The summed E-state index contributed by atoms with van der Waals surface area (Å²) in [6.07, 6.45) is -4.56. The zero-order valence-corrected chi connectivity index (χ0v) is 11.2. The molecule has 0 fully saturated rings. The molecule has 104 valence electrons. The number of hydrogen-bond donors (Lipinski definition) is 1. The van der Waals surface area contributed by atoms with Crippen molar-refractivity contribution < 1.29 is 21.6 Å². The average Bonchev–Trinajstić information content (AvgIpc) is 2.73.